The number of carbonyl (C=O) groups excluding carboxylic acids is 2. The molecule has 0 radical (unpaired) electrons. The Bertz CT molecular complexity index is 924. The standard InChI is InChI=1S/C19H20N4O4S/c24-16(21-13-6-7-13)12-4-1-3-11(9-12)15-10-20-18(28-15)22-17(25)14-5-2-8-23(14)19(26)27/h1,3-4,9-10,13-14H,2,5-8H2,(H,21,24)(H,26,27)(H,20,22,25). The molecule has 1 aromatic carbocycles. The van der Waals surface area contributed by atoms with Crippen LogP contribution in [-0.2, 0) is 4.79 Å². The predicted octanol–water partition coefficient (Wildman–Crippen LogP) is 2.78. The first-order valence-corrected chi connectivity index (χ1v) is 10.0. The van der Waals surface area contributed by atoms with Crippen molar-refractivity contribution in [2.45, 2.75) is 37.8 Å². The minimum Gasteiger partial charge on any atom is -0.465 e. The highest BCUT2D eigenvalue weighted by molar-refractivity contribution is 7.19. The third-order valence-electron chi connectivity index (χ3n) is 4.86. The van der Waals surface area contributed by atoms with E-state index in [2.05, 4.69) is 15.6 Å². The van der Waals surface area contributed by atoms with E-state index < -0.39 is 12.1 Å². The summed E-state index contributed by atoms with van der Waals surface area (Å²) >= 11 is 1.29. The Morgan fingerprint density at radius 3 is 2.79 bits per heavy atom. The lowest BCUT2D eigenvalue weighted by Gasteiger charge is -2.19. The first-order valence-electron chi connectivity index (χ1n) is 9.19. The predicted molar refractivity (Wildman–Crippen MR) is 104 cm³/mol. The van der Waals surface area contributed by atoms with Crippen LogP contribution < -0.4 is 10.6 Å². The fourth-order valence-electron chi connectivity index (χ4n) is 3.23. The third kappa shape index (κ3) is 3.99. The number of aromatic nitrogens is 1. The van der Waals surface area contributed by atoms with E-state index in [9.17, 15) is 19.5 Å². The molecule has 3 N–H and O–H groups in total. The van der Waals surface area contributed by atoms with Gasteiger partial charge in [0.25, 0.3) is 5.91 Å². The zero-order chi connectivity index (χ0) is 19.7. The molecule has 2 aliphatic rings. The SMILES string of the molecule is O=C(NC1CC1)c1cccc(-c2cnc(NC(=O)C3CCCN3C(=O)O)s2)c1. The monoisotopic (exact) mass is 400 g/mol. The number of hydrogen-bond acceptors (Lipinski definition) is 5. The largest absolute Gasteiger partial charge is 0.465 e. The maximum atomic E-state index is 12.4. The van der Waals surface area contributed by atoms with E-state index in [0.717, 1.165) is 28.2 Å². The van der Waals surface area contributed by atoms with Gasteiger partial charge in [-0.05, 0) is 43.4 Å². The molecule has 28 heavy (non-hydrogen) atoms. The summed E-state index contributed by atoms with van der Waals surface area (Å²) in [6, 6.07) is 6.89. The minimum atomic E-state index is -1.08. The Labute approximate surface area is 165 Å². The summed E-state index contributed by atoms with van der Waals surface area (Å²) in [5.74, 6) is -0.448. The molecule has 9 heteroatoms. The minimum absolute atomic E-state index is 0.0858. The number of carbonyl (C=O) groups is 3. The Hall–Kier alpha value is -2.94. The molecule has 146 valence electrons. The van der Waals surface area contributed by atoms with E-state index in [1.165, 1.54) is 11.3 Å². The van der Waals surface area contributed by atoms with Gasteiger partial charge in [0.1, 0.15) is 6.04 Å². The van der Waals surface area contributed by atoms with Gasteiger partial charge in [0.2, 0.25) is 5.91 Å². The van der Waals surface area contributed by atoms with Crippen LogP contribution in [0.1, 0.15) is 36.0 Å². The van der Waals surface area contributed by atoms with Gasteiger partial charge in [0, 0.05) is 24.3 Å². The molecule has 1 aromatic heterocycles. The molecule has 1 saturated heterocycles. The first-order chi connectivity index (χ1) is 13.5. The van der Waals surface area contributed by atoms with Crippen molar-refractivity contribution in [3.8, 4) is 10.4 Å². The summed E-state index contributed by atoms with van der Waals surface area (Å²) in [6.07, 6.45) is 3.80. The van der Waals surface area contributed by atoms with Gasteiger partial charge < -0.3 is 15.7 Å². The summed E-state index contributed by atoms with van der Waals surface area (Å²) in [5.41, 5.74) is 1.43. The van der Waals surface area contributed by atoms with E-state index in [0.29, 0.717) is 36.1 Å². The maximum absolute atomic E-state index is 12.4. The highest BCUT2D eigenvalue weighted by Crippen LogP contribution is 2.30. The Balaban J connectivity index is 1.45. The van der Waals surface area contributed by atoms with Crippen LogP contribution >= 0.6 is 11.3 Å². The zero-order valence-corrected chi connectivity index (χ0v) is 15.9. The molecule has 0 bridgehead atoms. The van der Waals surface area contributed by atoms with Gasteiger partial charge in [-0.1, -0.05) is 23.5 Å². The van der Waals surface area contributed by atoms with E-state index in [4.69, 9.17) is 0 Å². The molecule has 2 aromatic rings. The van der Waals surface area contributed by atoms with Gasteiger partial charge in [0.15, 0.2) is 5.13 Å². The Kier molecular flexibility index (Phi) is 4.99. The van der Waals surface area contributed by atoms with Crippen LogP contribution in [-0.4, -0.2) is 51.5 Å². The number of rotatable bonds is 5. The molecule has 8 nitrogen and oxygen atoms in total. The topological polar surface area (TPSA) is 112 Å². The second-order valence-corrected chi connectivity index (χ2v) is 8.01. The van der Waals surface area contributed by atoms with Crippen molar-refractivity contribution < 1.29 is 19.5 Å². The smallest absolute Gasteiger partial charge is 0.407 e. The van der Waals surface area contributed by atoms with Gasteiger partial charge >= 0.3 is 6.09 Å². The molecular formula is C19H20N4O4S. The van der Waals surface area contributed by atoms with E-state index >= 15 is 0 Å². The maximum Gasteiger partial charge on any atom is 0.407 e. The lowest BCUT2D eigenvalue weighted by Crippen LogP contribution is -2.42. The fourth-order valence-corrected chi connectivity index (χ4v) is 4.05. The second kappa shape index (κ2) is 7.59. The van der Waals surface area contributed by atoms with Crippen LogP contribution in [0, 0.1) is 0 Å². The molecule has 0 spiro atoms. The molecule has 4 rings (SSSR count). The molecule has 1 unspecified atom stereocenters. The highest BCUT2D eigenvalue weighted by Gasteiger charge is 2.34. The number of benzene rings is 1. The number of hydrogen-bond donors (Lipinski definition) is 3. The summed E-state index contributed by atoms with van der Waals surface area (Å²) < 4.78 is 0. The molecule has 2 fully saturated rings. The van der Waals surface area contributed by atoms with E-state index in [-0.39, 0.29) is 11.8 Å². The summed E-state index contributed by atoms with van der Waals surface area (Å²) in [4.78, 5) is 42.1. The van der Waals surface area contributed by atoms with Gasteiger partial charge in [-0.15, -0.1) is 0 Å². The highest BCUT2D eigenvalue weighted by atomic mass is 32.1. The number of amides is 3. The lowest BCUT2D eigenvalue weighted by molar-refractivity contribution is -0.119. The number of likely N-dealkylation sites (tertiary alicyclic amines) is 1. The van der Waals surface area contributed by atoms with E-state index in [1.807, 2.05) is 12.1 Å². The molecule has 1 aliphatic carbocycles. The van der Waals surface area contributed by atoms with Gasteiger partial charge in [-0.25, -0.2) is 9.78 Å². The number of thiazole rings is 1. The third-order valence-corrected chi connectivity index (χ3v) is 5.82. The van der Waals surface area contributed by atoms with Crippen molar-refractivity contribution in [2.75, 3.05) is 11.9 Å². The Morgan fingerprint density at radius 1 is 1.21 bits per heavy atom. The first kappa shape index (κ1) is 18.4. The van der Waals surface area contributed by atoms with Crippen LogP contribution in [0.25, 0.3) is 10.4 Å². The molecule has 1 atom stereocenters. The van der Waals surface area contributed by atoms with Crippen LogP contribution in [0.2, 0.25) is 0 Å². The second-order valence-electron chi connectivity index (χ2n) is 6.98. The van der Waals surface area contributed by atoms with Crippen LogP contribution in [0.5, 0.6) is 0 Å². The van der Waals surface area contributed by atoms with Gasteiger partial charge in [0.05, 0.1) is 4.88 Å². The lowest BCUT2D eigenvalue weighted by atomic mass is 10.1. The van der Waals surface area contributed by atoms with Crippen molar-refractivity contribution in [1.82, 2.24) is 15.2 Å². The van der Waals surface area contributed by atoms with Crippen molar-refractivity contribution >= 4 is 34.4 Å². The van der Waals surface area contributed by atoms with E-state index in [1.54, 1.807) is 18.3 Å². The quantitative estimate of drug-likeness (QED) is 0.715. The van der Waals surface area contributed by atoms with Crippen LogP contribution in [0.15, 0.2) is 30.5 Å². The average molecular weight is 400 g/mol. The normalized spacial score (nSPS) is 18.7. The van der Waals surface area contributed by atoms with Crippen molar-refractivity contribution in [1.29, 1.82) is 0 Å². The molecule has 3 amide bonds. The Morgan fingerprint density at radius 2 is 2.04 bits per heavy atom. The van der Waals surface area contributed by atoms with Crippen molar-refractivity contribution in [3.63, 3.8) is 0 Å². The van der Waals surface area contributed by atoms with Gasteiger partial charge in [-0.3, -0.25) is 14.5 Å². The van der Waals surface area contributed by atoms with Crippen LogP contribution in [0.3, 0.4) is 0 Å². The number of carboxylic acid groups (broad SMARTS) is 1. The summed E-state index contributed by atoms with van der Waals surface area (Å²) in [7, 11) is 0. The number of anilines is 1. The van der Waals surface area contributed by atoms with Gasteiger partial charge in [-0.2, -0.15) is 0 Å². The fraction of sp³-hybridized carbons (Fsp3) is 0.368. The number of nitrogens with one attached hydrogen (secondary N) is 2. The van der Waals surface area contributed by atoms with Crippen LogP contribution in [0.4, 0.5) is 9.93 Å². The zero-order valence-electron chi connectivity index (χ0n) is 15.1. The summed E-state index contributed by atoms with van der Waals surface area (Å²) in [5, 5.41) is 15.3. The number of nitrogens with zero attached hydrogens (tertiary/aromatic N) is 2. The molecule has 2 heterocycles. The van der Waals surface area contributed by atoms with Crippen molar-refractivity contribution in [3.05, 3.63) is 36.0 Å². The molecular weight excluding hydrogens is 380 g/mol. The van der Waals surface area contributed by atoms with Crippen molar-refractivity contribution in [2.24, 2.45) is 0 Å². The average Bonchev–Trinajstić information content (AvgIpc) is 3.17. The molecule has 1 saturated carbocycles. The molecule has 1 aliphatic heterocycles. The summed E-state index contributed by atoms with van der Waals surface area (Å²) in [6.45, 7) is 0.367.